The highest BCUT2D eigenvalue weighted by molar-refractivity contribution is 8.00. The van der Waals surface area contributed by atoms with E-state index >= 15 is 0 Å². The second kappa shape index (κ2) is 8.13. The molecule has 3 aliphatic rings. The molecule has 7 heteroatoms. The summed E-state index contributed by atoms with van der Waals surface area (Å²) in [6.07, 6.45) is 4.95. The van der Waals surface area contributed by atoms with E-state index in [0.717, 1.165) is 56.3 Å². The highest BCUT2D eigenvalue weighted by Gasteiger charge is 2.36. The lowest BCUT2D eigenvalue weighted by atomic mass is 10.0. The van der Waals surface area contributed by atoms with Crippen LogP contribution in [-0.4, -0.2) is 67.4 Å². The molecule has 1 aromatic rings. The molecule has 152 valence electrons. The average Bonchev–Trinajstić information content (AvgIpc) is 2.68. The van der Waals surface area contributed by atoms with Crippen molar-refractivity contribution in [2.75, 3.05) is 51.2 Å². The van der Waals surface area contributed by atoms with E-state index in [1.807, 2.05) is 12.2 Å². The first-order chi connectivity index (χ1) is 13.4. The molecule has 0 radical (unpaired) electrons. The van der Waals surface area contributed by atoms with Crippen LogP contribution >= 0.6 is 11.8 Å². The molecule has 4 rings (SSSR count). The van der Waals surface area contributed by atoms with Crippen molar-refractivity contribution in [1.29, 1.82) is 0 Å². The molecule has 2 atom stereocenters. The lowest BCUT2D eigenvalue weighted by Crippen LogP contribution is -2.47. The van der Waals surface area contributed by atoms with Gasteiger partial charge in [-0.3, -0.25) is 0 Å². The van der Waals surface area contributed by atoms with Gasteiger partial charge >= 0.3 is 6.18 Å². The number of halogens is 3. The Balaban J connectivity index is 1.52. The third-order valence-electron chi connectivity index (χ3n) is 5.74. The number of fused-ring (bicyclic) bond motifs is 2. The van der Waals surface area contributed by atoms with Gasteiger partial charge in [0, 0.05) is 37.6 Å². The Kier molecular flexibility index (Phi) is 5.76. The monoisotopic (exact) mass is 409 g/mol. The minimum Gasteiger partial charge on any atom is -0.363 e. The Morgan fingerprint density at radius 3 is 2.54 bits per heavy atom. The molecule has 0 spiro atoms. The fraction of sp³-hybridized carbons (Fsp3) is 0.524. The molecule has 0 saturated carbocycles. The normalized spacial score (nSPS) is 25.6. The van der Waals surface area contributed by atoms with Gasteiger partial charge in [0.05, 0.1) is 22.5 Å². The van der Waals surface area contributed by atoms with Gasteiger partial charge in [-0.25, -0.2) is 0 Å². The molecule has 0 aromatic heterocycles. The van der Waals surface area contributed by atoms with Crippen molar-refractivity contribution in [2.24, 2.45) is 0 Å². The Bertz CT molecular complexity index is 754. The molecule has 1 aromatic carbocycles. The predicted molar refractivity (Wildman–Crippen MR) is 109 cm³/mol. The molecule has 1 saturated heterocycles. The van der Waals surface area contributed by atoms with Gasteiger partial charge in [0.2, 0.25) is 0 Å². The lowest BCUT2D eigenvalue weighted by Gasteiger charge is -2.42. The van der Waals surface area contributed by atoms with Crippen LogP contribution in [0.1, 0.15) is 12.0 Å². The first kappa shape index (κ1) is 19.9. The van der Waals surface area contributed by atoms with Crippen LogP contribution < -0.4 is 4.90 Å². The molecule has 28 heavy (non-hydrogen) atoms. The summed E-state index contributed by atoms with van der Waals surface area (Å²) in [5, 5.41) is 0.248. The lowest BCUT2D eigenvalue weighted by molar-refractivity contribution is -0.137. The summed E-state index contributed by atoms with van der Waals surface area (Å²) < 4.78 is 39.9. The van der Waals surface area contributed by atoms with Gasteiger partial charge in [-0.15, -0.1) is 11.8 Å². The summed E-state index contributed by atoms with van der Waals surface area (Å²) in [5.41, 5.74) is 0.157. The molecule has 2 heterocycles. The van der Waals surface area contributed by atoms with Crippen LogP contribution in [0.3, 0.4) is 0 Å². The SMILES string of the molecule is CN1CCN(CCCN2c3cc(C(F)(F)F)ccc3SC3C=CC=CC32)CC1. The van der Waals surface area contributed by atoms with Gasteiger partial charge in [-0.05, 0) is 38.2 Å². The minimum atomic E-state index is -4.32. The molecule has 0 N–H and O–H groups in total. The van der Waals surface area contributed by atoms with Crippen molar-refractivity contribution >= 4 is 17.4 Å². The summed E-state index contributed by atoms with van der Waals surface area (Å²) in [5.74, 6) is 0. The average molecular weight is 410 g/mol. The zero-order chi connectivity index (χ0) is 19.7. The first-order valence-electron chi connectivity index (χ1n) is 9.82. The number of piperazine rings is 1. The molecule has 0 bridgehead atoms. The van der Waals surface area contributed by atoms with Crippen LogP contribution in [0.4, 0.5) is 18.9 Å². The number of alkyl halides is 3. The Morgan fingerprint density at radius 1 is 1.04 bits per heavy atom. The minimum absolute atomic E-state index is 0.110. The molecular formula is C21H26F3N3S. The van der Waals surface area contributed by atoms with Crippen LogP contribution in [0, 0.1) is 0 Å². The maximum Gasteiger partial charge on any atom is 0.416 e. The number of likely N-dealkylation sites (N-methyl/N-ethyl adjacent to an activating group) is 1. The number of nitrogens with zero attached hydrogens (tertiary/aromatic N) is 3. The number of allylic oxidation sites excluding steroid dienone is 2. The van der Waals surface area contributed by atoms with Crippen molar-refractivity contribution in [1.82, 2.24) is 9.80 Å². The Morgan fingerprint density at radius 2 is 1.79 bits per heavy atom. The molecule has 1 aliphatic carbocycles. The summed E-state index contributed by atoms with van der Waals surface area (Å²) in [7, 11) is 2.14. The van der Waals surface area contributed by atoms with Gasteiger partial charge in [0.15, 0.2) is 0 Å². The molecule has 0 amide bonds. The summed E-state index contributed by atoms with van der Waals surface area (Å²) in [6, 6.07) is 4.29. The third-order valence-corrected chi connectivity index (χ3v) is 7.05. The van der Waals surface area contributed by atoms with Gasteiger partial charge in [-0.1, -0.05) is 24.3 Å². The topological polar surface area (TPSA) is 9.72 Å². The van der Waals surface area contributed by atoms with E-state index in [0.29, 0.717) is 0 Å². The van der Waals surface area contributed by atoms with Gasteiger partial charge in [0.1, 0.15) is 0 Å². The predicted octanol–water partition coefficient (Wildman–Crippen LogP) is 4.12. The first-order valence-corrected chi connectivity index (χ1v) is 10.7. The maximum absolute atomic E-state index is 13.3. The third kappa shape index (κ3) is 4.26. The summed E-state index contributed by atoms with van der Waals surface area (Å²) in [6.45, 7) is 6.04. The standard InChI is InChI=1S/C21H26F3N3S/c1-25-11-13-26(14-12-25)9-4-10-27-17-5-2-3-6-19(17)28-20-8-7-16(15-18(20)27)21(22,23)24/h2-3,5-8,15,17,19H,4,9-14H2,1H3. The number of hydrogen-bond acceptors (Lipinski definition) is 4. The zero-order valence-corrected chi connectivity index (χ0v) is 16.8. The van der Waals surface area contributed by atoms with Crippen molar-refractivity contribution in [2.45, 2.75) is 28.8 Å². The van der Waals surface area contributed by atoms with E-state index in [1.165, 1.54) is 12.1 Å². The molecule has 2 aliphatic heterocycles. The van der Waals surface area contributed by atoms with E-state index < -0.39 is 11.7 Å². The second-order valence-electron chi connectivity index (χ2n) is 7.71. The maximum atomic E-state index is 13.3. The summed E-state index contributed by atoms with van der Waals surface area (Å²) >= 11 is 1.66. The molecule has 2 unspecified atom stereocenters. The Labute approximate surface area is 168 Å². The van der Waals surface area contributed by atoms with E-state index in [4.69, 9.17) is 0 Å². The van der Waals surface area contributed by atoms with E-state index in [9.17, 15) is 13.2 Å². The summed E-state index contributed by atoms with van der Waals surface area (Å²) in [4.78, 5) is 7.91. The van der Waals surface area contributed by atoms with Crippen LogP contribution in [0.2, 0.25) is 0 Å². The number of anilines is 1. The molecular weight excluding hydrogens is 383 g/mol. The second-order valence-corrected chi connectivity index (χ2v) is 8.93. The highest BCUT2D eigenvalue weighted by atomic mass is 32.2. The largest absolute Gasteiger partial charge is 0.416 e. The van der Waals surface area contributed by atoms with Crippen molar-refractivity contribution in [3.05, 3.63) is 48.1 Å². The molecule has 1 fully saturated rings. The molecule has 3 nitrogen and oxygen atoms in total. The highest BCUT2D eigenvalue weighted by Crippen LogP contribution is 2.45. The van der Waals surface area contributed by atoms with E-state index in [2.05, 4.69) is 33.9 Å². The Hall–Kier alpha value is -1.44. The van der Waals surface area contributed by atoms with Crippen molar-refractivity contribution in [3.8, 4) is 0 Å². The van der Waals surface area contributed by atoms with Gasteiger partial charge in [0.25, 0.3) is 0 Å². The quantitative estimate of drug-likeness (QED) is 0.740. The van der Waals surface area contributed by atoms with Gasteiger partial charge < -0.3 is 14.7 Å². The number of thioether (sulfide) groups is 1. The van der Waals surface area contributed by atoms with Gasteiger partial charge in [-0.2, -0.15) is 13.2 Å². The van der Waals surface area contributed by atoms with E-state index in [1.54, 1.807) is 17.8 Å². The van der Waals surface area contributed by atoms with Crippen LogP contribution in [0.5, 0.6) is 0 Å². The van der Waals surface area contributed by atoms with E-state index in [-0.39, 0.29) is 11.3 Å². The number of hydrogen-bond donors (Lipinski definition) is 0. The van der Waals surface area contributed by atoms with Crippen LogP contribution in [-0.2, 0) is 6.18 Å². The van der Waals surface area contributed by atoms with Crippen molar-refractivity contribution < 1.29 is 13.2 Å². The zero-order valence-electron chi connectivity index (χ0n) is 16.0. The number of rotatable bonds is 4. The fourth-order valence-corrected chi connectivity index (χ4v) is 5.38. The van der Waals surface area contributed by atoms with Crippen LogP contribution in [0.25, 0.3) is 0 Å². The van der Waals surface area contributed by atoms with Crippen molar-refractivity contribution in [3.63, 3.8) is 0 Å². The number of benzene rings is 1. The van der Waals surface area contributed by atoms with Crippen LogP contribution in [0.15, 0.2) is 47.4 Å². The smallest absolute Gasteiger partial charge is 0.363 e. The fourth-order valence-electron chi connectivity index (χ4n) is 4.10.